The number of phosphoric acid groups is 1. The lowest BCUT2D eigenvalue weighted by Crippen LogP contribution is -2.27. The van der Waals surface area contributed by atoms with Crippen molar-refractivity contribution in [3.05, 3.63) is 12.2 Å². The number of carbonyl (C=O) groups is 2. The third-order valence-electron chi connectivity index (χ3n) is 12.4. The topological polar surface area (TPSA) is 131 Å². The van der Waals surface area contributed by atoms with Crippen LogP contribution < -0.4 is 5.32 Å². The molecule has 9 nitrogen and oxygen atoms in total. The summed E-state index contributed by atoms with van der Waals surface area (Å²) in [7, 11) is -4.42. The zero-order valence-corrected chi connectivity index (χ0v) is 43.2. The van der Waals surface area contributed by atoms with E-state index < -0.39 is 26.5 Å². The molecule has 0 bridgehead atoms. The number of carbonyl (C=O) groups excluding carboxylic acids is 2. The normalized spacial score (nSPS) is 13.1. The Labute approximate surface area is 396 Å². The molecule has 0 aliphatic heterocycles. The molecule has 0 spiro atoms. The number of esters is 1. The van der Waals surface area contributed by atoms with Gasteiger partial charge in [-0.2, -0.15) is 0 Å². The minimum atomic E-state index is -4.42. The van der Waals surface area contributed by atoms with Crippen LogP contribution in [0.25, 0.3) is 0 Å². The molecule has 380 valence electrons. The van der Waals surface area contributed by atoms with Crippen LogP contribution in [0.4, 0.5) is 0 Å². The Hall–Kier alpha value is -1.25. The maximum absolute atomic E-state index is 12.2. The highest BCUT2D eigenvalue weighted by molar-refractivity contribution is 7.47. The van der Waals surface area contributed by atoms with Gasteiger partial charge in [-0.3, -0.25) is 18.6 Å². The Morgan fingerprint density at radius 1 is 0.469 bits per heavy atom. The van der Waals surface area contributed by atoms with E-state index in [0.29, 0.717) is 6.42 Å². The molecular weight excluding hydrogens is 822 g/mol. The summed E-state index contributed by atoms with van der Waals surface area (Å²) in [5, 5.41) is 12.8. The molecule has 0 aromatic rings. The van der Waals surface area contributed by atoms with Crippen molar-refractivity contribution < 1.29 is 37.9 Å². The van der Waals surface area contributed by atoms with Gasteiger partial charge in [0.15, 0.2) is 0 Å². The van der Waals surface area contributed by atoms with E-state index in [1.54, 1.807) is 0 Å². The van der Waals surface area contributed by atoms with Gasteiger partial charge in [-0.1, -0.05) is 251 Å². The smallest absolute Gasteiger partial charge is 0.463 e. The van der Waals surface area contributed by atoms with E-state index in [1.165, 1.54) is 225 Å². The van der Waals surface area contributed by atoms with E-state index in [2.05, 4.69) is 31.3 Å². The average molecular weight is 928 g/mol. The molecule has 2 atom stereocenters. The summed E-state index contributed by atoms with van der Waals surface area (Å²) < 4.78 is 27.0. The Morgan fingerprint density at radius 3 is 1.17 bits per heavy atom. The van der Waals surface area contributed by atoms with Gasteiger partial charge < -0.3 is 20.1 Å². The number of hydrogen-bond donors (Lipinski definition) is 3. The molecule has 0 aliphatic carbocycles. The van der Waals surface area contributed by atoms with Crippen LogP contribution >= 0.6 is 7.82 Å². The van der Waals surface area contributed by atoms with E-state index in [-0.39, 0.29) is 32.1 Å². The van der Waals surface area contributed by atoms with Gasteiger partial charge in [0.1, 0.15) is 12.7 Å². The van der Waals surface area contributed by atoms with Crippen molar-refractivity contribution in [2.75, 3.05) is 26.4 Å². The second-order valence-corrected chi connectivity index (χ2v) is 20.4. The lowest BCUT2D eigenvalue weighted by atomic mass is 10.0. The van der Waals surface area contributed by atoms with Gasteiger partial charge in [-0.15, -0.1) is 0 Å². The number of aliphatic hydroxyl groups excluding tert-OH is 1. The summed E-state index contributed by atoms with van der Waals surface area (Å²) in [6, 6.07) is 0. The van der Waals surface area contributed by atoms with Gasteiger partial charge in [-0.25, -0.2) is 4.57 Å². The van der Waals surface area contributed by atoms with Crippen LogP contribution in [-0.2, 0) is 27.9 Å². The summed E-state index contributed by atoms with van der Waals surface area (Å²) in [6.45, 7) is 3.62. The lowest BCUT2D eigenvalue weighted by molar-refractivity contribution is -0.147. The molecule has 0 rings (SSSR count). The number of allylic oxidation sites excluding steroid dienone is 2. The molecule has 3 N–H and O–H groups in total. The lowest BCUT2D eigenvalue weighted by Gasteiger charge is -2.15. The second-order valence-electron chi connectivity index (χ2n) is 18.9. The molecular formula is C54H106NO8P. The van der Waals surface area contributed by atoms with Crippen molar-refractivity contribution in [3.8, 4) is 0 Å². The fraction of sp³-hybridized carbons (Fsp3) is 0.926. The molecule has 0 aromatic carbocycles. The number of aliphatic hydroxyl groups is 1. The van der Waals surface area contributed by atoms with E-state index in [1.807, 2.05) is 0 Å². The number of hydrogen-bond acceptors (Lipinski definition) is 7. The highest BCUT2D eigenvalue weighted by Crippen LogP contribution is 2.42. The molecule has 0 aliphatic rings. The van der Waals surface area contributed by atoms with E-state index in [4.69, 9.17) is 13.8 Å². The Kier molecular flexibility index (Phi) is 50.1. The van der Waals surface area contributed by atoms with E-state index >= 15 is 0 Å². The van der Waals surface area contributed by atoms with Crippen molar-refractivity contribution in [1.29, 1.82) is 0 Å². The third-order valence-corrected chi connectivity index (χ3v) is 13.4. The summed E-state index contributed by atoms with van der Waals surface area (Å²) in [6.07, 6.45) is 57.3. The van der Waals surface area contributed by atoms with Gasteiger partial charge in [0.05, 0.1) is 13.2 Å². The Morgan fingerprint density at radius 2 is 0.797 bits per heavy atom. The largest absolute Gasteiger partial charge is 0.472 e. The molecule has 0 fully saturated rings. The third kappa shape index (κ3) is 51.7. The maximum atomic E-state index is 12.2. The summed E-state index contributed by atoms with van der Waals surface area (Å²) in [5.74, 6) is -0.503. The van der Waals surface area contributed by atoms with Crippen molar-refractivity contribution in [3.63, 3.8) is 0 Å². The minimum Gasteiger partial charge on any atom is -0.463 e. The molecule has 1 amide bonds. The van der Waals surface area contributed by atoms with E-state index in [0.717, 1.165) is 38.5 Å². The number of rotatable bonds is 53. The van der Waals surface area contributed by atoms with Gasteiger partial charge in [0.2, 0.25) is 5.91 Å². The van der Waals surface area contributed by atoms with Crippen molar-refractivity contribution in [2.24, 2.45) is 0 Å². The van der Waals surface area contributed by atoms with Crippen LogP contribution in [0, 0.1) is 0 Å². The number of amides is 1. The first-order valence-corrected chi connectivity index (χ1v) is 29.2. The summed E-state index contributed by atoms with van der Waals surface area (Å²) in [4.78, 5) is 34.1. The van der Waals surface area contributed by atoms with Crippen LogP contribution in [0.5, 0.6) is 0 Å². The van der Waals surface area contributed by atoms with E-state index in [9.17, 15) is 24.2 Å². The molecule has 0 aromatic heterocycles. The van der Waals surface area contributed by atoms with Crippen LogP contribution in [0.1, 0.15) is 290 Å². The first kappa shape index (κ1) is 62.8. The molecule has 0 heterocycles. The van der Waals surface area contributed by atoms with Crippen LogP contribution in [0.2, 0.25) is 0 Å². The average Bonchev–Trinajstić information content (AvgIpc) is 3.28. The molecule has 0 radical (unpaired) electrons. The Bertz CT molecular complexity index is 1060. The first-order chi connectivity index (χ1) is 31.3. The first-order valence-electron chi connectivity index (χ1n) is 27.7. The molecule has 0 saturated carbocycles. The monoisotopic (exact) mass is 928 g/mol. The zero-order chi connectivity index (χ0) is 46.7. The van der Waals surface area contributed by atoms with Gasteiger partial charge >= 0.3 is 13.8 Å². The van der Waals surface area contributed by atoms with Gasteiger partial charge in [0, 0.05) is 19.4 Å². The predicted molar refractivity (Wildman–Crippen MR) is 271 cm³/mol. The number of ether oxygens (including phenoxy) is 1. The quantitative estimate of drug-likeness (QED) is 0.0238. The number of nitrogens with one attached hydrogen (secondary N) is 1. The number of unbranched alkanes of at least 4 members (excludes halogenated alkanes) is 38. The SMILES string of the molecule is CCCCCCCC/C=C/CCCCCCCCCCCC(=O)OCC(O)COP(=O)(O)OCCNC(=O)CCCCCCCCCCCCCCCCCCCCCCCCCC. The number of phosphoric ester groups is 1. The summed E-state index contributed by atoms with van der Waals surface area (Å²) in [5.41, 5.74) is 0. The molecule has 2 unspecified atom stereocenters. The second kappa shape index (κ2) is 51.1. The fourth-order valence-electron chi connectivity index (χ4n) is 8.26. The van der Waals surface area contributed by atoms with Crippen molar-refractivity contribution in [1.82, 2.24) is 5.32 Å². The summed E-state index contributed by atoms with van der Waals surface area (Å²) >= 11 is 0. The maximum Gasteiger partial charge on any atom is 0.472 e. The van der Waals surface area contributed by atoms with Crippen LogP contribution in [-0.4, -0.2) is 54.3 Å². The van der Waals surface area contributed by atoms with Crippen LogP contribution in [0.3, 0.4) is 0 Å². The van der Waals surface area contributed by atoms with Crippen LogP contribution in [0.15, 0.2) is 12.2 Å². The van der Waals surface area contributed by atoms with Crippen molar-refractivity contribution in [2.45, 2.75) is 296 Å². The molecule has 0 saturated heterocycles. The highest BCUT2D eigenvalue weighted by Gasteiger charge is 2.23. The van der Waals surface area contributed by atoms with Gasteiger partial charge in [-0.05, 0) is 38.5 Å². The van der Waals surface area contributed by atoms with Gasteiger partial charge in [0.25, 0.3) is 0 Å². The zero-order valence-electron chi connectivity index (χ0n) is 42.3. The highest BCUT2D eigenvalue weighted by atomic mass is 31.2. The predicted octanol–water partition coefficient (Wildman–Crippen LogP) is 16.5. The van der Waals surface area contributed by atoms with Crippen molar-refractivity contribution >= 4 is 19.7 Å². The molecule has 10 heteroatoms. The standard InChI is InChI=1S/C54H106NO8P/c1-3-5-7-9-11-13-15-17-19-21-23-24-25-26-27-29-30-32-34-36-38-40-42-44-46-53(57)55-48-49-62-64(59,60)63-51-52(56)50-61-54(58)47-45-43-41-39-37-35-33-31-28-22-20-18-16-14-12-10-8-6-4-2/h18,20,52,56H,3-17,19,21-51H2,1-2H3,(H,55,57)(H,59,60)/b20-18+. The Balaban J connectivity index is 3.49. The molecule has 64 heavy (non-hydrogen) atoms. The minimum absolute atomic E-state index is 0.0871. The fourth-order valence-corrected chi connectivity index (χ4v) is 9.02.